The molecule has 7 heteroatoms. The summed E-state index contributed by atoms with van der Waals surface area (Å²) in [6.45, 7) is 0. The number of amides is 2. The maximum Gasteiger partial charge on any atom is 0.427 e. The molecule has 2 N–H and O–H groups in total. The monoisotopic (exact) mass is 322 g/mol. The van der Waals surface area contributed by atoms with Crippen LogP contribution in [0.4, 0.5) is 28.0 Å². The van der Waals surface area contributed by atoms with Gasteiger partial charge in [0.1, 0.15) is 5.82 Å². The first-order chi connectivity index (χ1) is 10.8. The van der Waals surface area contributed by atoms with Crippen molar-refractivity contribution < 1.29 is 22.4 Å². The first kappa shape index (κ1) is 15.2. The van der Waals surface area contributed by atoms with E-state index in [0.717, 1.165) is 25.0 Å². The number of hydrogen-bond acceptors (Lipinski definition) is 1. The second-order valence-electron chi connectivity index (χ2n) is 5.31. The van der Waals surface area contributed by atoms with Gasteiger partial charge in [0.15, 0.2) is 0 Å². The molecule has 1 aromatic carbocycles. The lowest BCUT2D eigenvalue weighted by Crippen LogP contribution is -2.59. The Balaban J connectivity index is 2.14. The lowest BCUT2D eigenvalue weighted by Gasteiger charge is -2.37. The Morgan fingerprint density at radius 3 is 2.61 bits per heavy atom. The van der Waals surface area contributed by atoms with Crippen LogP contribution in [0, 0.1) is 35.4 Å². The molecule has 1 aliphatic heterocycles. The number of carbonyl (C=O) groups excluding carboxylic acids is 1. The number of nitrogens with one attached hydrogen (secondary N) is 2. The predicted octanol–water partition coefficient (Wildman–Crippen LogP) is 3.14. The van der Waals surface area contributed by atoms with E-state index in [9.17, 15) is 22.4 Å². The van der Waals surface area contributed by atoms with Crippen molar-refractivity contribution in [1.29, 1.82) is 0 Å². The Labute approximate surface area is 129 Å². The van der Waals surface area contributed by atoms with E-state index in [1.807, 2.05) is 5.92 Å². The molecule has 0 bridgehead atoms. The van der Waals surface area contributed by atoms with Crippen LogP contribution < -0.4 is 10.6 Å². The highest BCUT2D eigenvalue weighted by Crippen LogP contribution is 2.43. The smallest absolute Gasteiger partial charge is 0.310 e. The zero-order valence-electron chi connectivity index (χ0n) is 11.6. The second kappa shape index (κ2) is 5.20. The van der Waals surface area contributed by atoms with Crippen molar-refractivity contribution in [2.45, 2.75) is 24.6 Å². The summed E-state index contributed by atoms with van der Waals surface area (Å²) in [6.07, 6.45) is -3.12. The fourth-order valence-corrected chi connectivity index (χ4v) is 2.21. The Morgan fingerprint density at radius 1 is 1.22 bits per heavy atom. The summed E-state index contributed by atoms with van der Waals surface area (Å²) in [4.78, 5) is 11.6. The molecule has 0 saturated heterocycles. The molecule has 118 valence electrons. The number of benzene rings is 1. The molecule has 2 aliphatic rings. The number of carbonyl (C=O) groups is 1. The van der Waals surface area contributed by atoms with Crippen LogP contribution in [0.3, 0.4) is 0 Å². The fourth-order valence-electron chi connectivity index (χ4n) is 2.21. The van der Waals surface area contributed by atoms with E-state index >= 15 is 0 Å². The maximum atomic E-state index is 13.7. The predicted molar refractivity (Wildman–Crippen MR) is 74.6 cm³/mol. The number of alkyl halides is 3. The molecule has 1 heterocycles. The number of urea groups is 1. The maximum absolute atomic E-state index is 13.7. The van der Waals surface area contributed by atoms with Crippen LogP contribution in [0.5, 0.6) is 0 Å². The molecule has 1 atom stereocenters. The van der Waals surface area contributed by atoms with Crippen molar-refractivity contribution in [2.24, 2.45) is 5.92 Å². The van der Waals surface area contributed by atoms with Gasteiger partial charge in [-0.25, -0.2) is 9.18 Å². The molecule has 23 heavy (non-hydrogen) atoms. The first-order valence-electron chi connectivity index (χ1n) is 6.80. The molecule has 3 rings (SSSR count). The number of anilines is 1. The quantitative estimate of drug-likeness (QED) is 0.559. The van der Waals surface area contributed by atoms with Gasteiger partial charge in [0.25, 0.3) is 0 Å². The van der Waals surface area contributed by atoms with Crippen LogP contribution >= 0.6 is 0 Å². The van der Waals surface area contributed by atoms with Crippen molar-refractivity contribution in [3.8, 4) is 23.7 Å². The second-order valence-corrected chi connectivity index (χ2v) is 5.31. The highest BCUT2D eigenvalue weighted by molar-refractivity contribution is 5.94. The minimum Gasteiger partial charge on any atom is -0.310 e. The zero-order chi connectivity index (χ0) is 16.7. The number of fused-ring (bicyclic) bond motifs is 1. The van der Waals surface area contributed by atoms with Crippen LogP contribution in [0.25, 0.3) is 0 Å². The van der Waals surface area contributed by atoms with Gasteiger partial charge in [-0.3, -0.25) is 0 Å². The topological polar surface area (TPSA) is 41.1 Å². The summed E-state index contributed by atoms with van der Waals surface area (Å²) in [5.74, 6) is 8.56. The van der Waals surface area contributed by atoms with E-state index in [1.165, 1.54) is 0 Å². The molecular weight excluding hydrogens is 312 g/mol. The average molecular weight is 322 g/mol. The van der Waals surface area contributed by atoms with Crippen molar-refractivity contribution in [3.05, 3.63) is 29.6 Å². The molecule has 1 aromatic rings. The summed E-state index contributed by atoms with van der Waals surface area (Å²) in [7, 11) is 0. The van der Waals surface area contributed by atoms with Crippen LogP contribution in [-0.2, 0) is 5.54 Å². The molecule has 1 saturated carbocycles. The van der Waals surface area contributed by atoms with E-state index in [0.29, 0.717) is 6.07 Å². The molecule has 1 fully saturated rings. The van der Waals surface area contributed by atoms with Gasteiger partial charge < -0.3 is 10.6 Å². The minimum absolute atomic E-state index is 0.142. The van der Waals surface area contributed by atoms with Gasteiger partial charge in [-0.15, -0.1) is 0 Å². The van der Waals surface area contributed by atoms with Crippen molar-refractivity contribution in [3.63, 3.8) is 0 Å². The van der Waals surface area contributed by atoms with Gasteiger partial charge in [-0.2, -0.15) is 13.2 Å². The van der Waals surface area contributed by atoms with E-state index in [4.69, 9.17) is 0 Å². The molecule has 0 aromatic heterocycles. The van der Waals surface area contributed by atoms with E-state index in [1.54, 1.807) is 5.32 Å². The Bertz CT molecular complexity index is 790. The van der Waals surface area contributed by atoms with E-state index < -0.39 is 29.1 Å². The van der Waals surface area contributed by atoms with Gasteiger partial charge in [0.2, 0.25) is 5.54 Å². The average Bonchev–Trinajstić information content (AvgIpc) is 3.27. The Morgan fingerprint density at radius 2 is 1.96 bits per heavy atom. The van der Waals surface area contributed by atoms with Gasteiger partial charge in [0.05, 0.1) is 0 Å². The SMILES string of the molecule is O=C1Nc2ccc(F)cc2[C@@](C#CC#CC2CC2)(C(F)(F)F)N1. The largest absolute Gasteiger partial charge is 0.427 e. The van der Waals surface area contributed by atoms with Gasteiger partial charge in [0, 0.05) is 17.2 Å². The van der Waals surface area contributed by atoms with Gasteiger partial charge >= 0.3 is 12.2 Å². The summed E-state index contributed by atoms with van der Waals surface area (Å²) < 4.78 is 54.4. The van der Waals surface area contributed by atoms with Crippen molar-refractivity contribution >= 4 is 11.7 Å². The van der Waals surface area contributed by atoms with Crippen LogP contribution in [0.1, 0.15) is 18.4 Å². The highest BCUT2D eigenvalue weighted by Gasteiger charge is 2.59. The Hall–Kier alpha value is -2.67. The first-order valence-corrected chi connectivity index (χ1v) is 6.80. The lowest BCUT2D eigenvalue weighted by atomic mass is 9.86. The van der Waals surface area contributed by atoms with E-state index in [2.05, 4.69) is 23.1 Å². The molecule has 0 unspecified atom stereocenters. The highest BCUT2D eigenvalue weighted by atomic mass is 19.4. The third-order valence-electron chi connectivity index (χ3n) is 3.53. The standard InChI is InChI=1S/C16H10F4N2O/c17-11-6-7-13-12(9-11)15(16(18,19)20,22-14(23)21-13)8-2-1-3-10-4-5-10/h6-7,9-10H,4-5H2,(H2,21,22,23)/t15-/m0/s1. The number of rotatable bonds is 0. The van der Waals surface area contributed by atoms with Crippen LogP contribution in [0.2, 0.25) is 0 Å². The van der Waals surface area contributed by atoms with Gasteiger partial charge in [-0.05, 0) is 48.8 Å². The minimum atomic E-state index is -4.94. The third-order valence-corrected chi connectivity index (χ3v) is 3.53. The zero-order valence-corrected chi connectivity index (χ0v) is 11.6. The summed E-state index contributed by atoms with van der Waals surface area (Å²) in [6, 6.07) is 1.68. The Kier molecular flexibility index (Phi) is 3.45. The summed E-state index contributed by atoms with van der Waals surface area (Å²) >= 11 is 0. The molecule has 0 spiro atoms. The van der Waals surface area contributed by atoms with Crippen molar-refractivity contribution in [1.82, 2.24) is 5.32 Å². The van der Waals surface area contributed by atoms with Crippen LogP contribution in [0.15, 0.2) is 18.2 Å². The van der Waals surface area contributed by atoms with Crippen LogP contribution in [-0.4, -0.2) is 12.2 Å². The summed E-state index contributed by atoms with van der Waals surface area (Å²) in [5, 5.41) is 3.99. The normalized spacial score (nSPS) is 22.5. The van der Waals surface area contributed by atoms with Crippen molar-refractivity contribution in [2.75, 3.05) is 5.32 Å². The number of halogens is 4. The fraction of sp³-hybridized carbons (Fsp3) is 0.312. The summed E-state index contributed by atoms with van der Waals surface area (Å²) in [5.41, 5.74) is -3.63. The number of hydrogen-bond donors (Lipinski definition) is 2. The molecule has 2 amide bonds. The lowest BCUT2D eigenvalue weighted by molar-refractivity contribution is -0.178. The molecule has 0 radical (unpaired) electrons. The molecule has 3 nitrogen and oxygen atoms in total. The van der Waals surface area contributed by atoms with E-state index in [-0.39, 0.29) is 11.6 Å². The van der Waals surface area contributed by atoms with Gasteiger partial charge in [-0.1, -0.05) is 5.92 Å². The third kappa shape index (κ3) is 2.83. The molecular formula is C16H10F4N2O. The molecule has 1 aliphatic carbocycles.